The molecule has 2 aromatic rings. The SMILES string of the molecule is Cc1ccncc1C(CN)N1CCN(c2nccs2)CC1. The maximum Gasteiger partial charge on any atom is 0.185 e. The van der Waals surface area contributed by atoms with Gasteiger partial charge in [-0.1, -0.05) is 0 Å². The Morgan fingerprint density at radius 3 is 2.71 bits per heavy atom. The van der Waals surface area contributed by atoms with Crippen LogP contribution < -0.4 is 10.6 Å². The first-order valence-electron chi connectivity index (χ1n) is 7.28. The molecule has 21 heavy (non-hydrogen) atoms. The first kappa shape index (κ1) is 14.4. The van der Waals surface area contributed by atoms with Gasteiger partial charge in [-0.15, -0.1) is 11.3 Å². The van der Waals surface area contributed by atoms with Gasteiger partial charge < -0.3 is 10.6 Å². The number of nitrogens with two attached hydrogens (primary N) is 1. The third-order valence-electron chi connectivity index (χ3n) is 4.11. The molecule has 6 heteroatoms. The summed E-state index contributed by atoms with van der Waals surface area (Å²) in [5, 5.41) is 3.15. The molecule has 1 saturated heterocycles. The van der Waals surface area contributed by atoms with E-state index in [4.69, 9.17) is 5.73 Å². The van der Waals surface area contributed by atoms with E-state index in [1.165, 1.54) is 11.1 Å². The average Bonchev–Trinajstić information content (AvgIpc) is 3.05. The minimum absolute atomic E-state index is 0.261. The monoisotopic (exact) mass is 303 g/mol. The highest BCUT2D eigenvalue weighted by atomic mass is 32.1. The van der Waals surface area contributed by atoms with Gasteiger partial charge in [0.25, 0.3) is 0 Å². The second-order valence-corrected chi connectivity index (χ2v) is 6.19. The largest absolute Gasteiger partial charge is 0.346 e. The number of rotatable bonds is 4. The molecule has 1 unspecified atom stereocenters. The summed E-state index contributed by atoms with van der Waals surface area (Å²) in [5.74, 6) is 0. The van der Waals surface area contributed by atoms with Crippen LogP contribution in [0.15, 0.2) is 30.0 Å². The van der Waals surface area contributed by atoms with E-state index >= 15 is 0 Å². The van der Waals surface area contributed by atoms with Crippen LogP contribution in [0.25, 0.3) is 0 Å². The minimum Gasteiger partial charge on any atom is -0.346 e. The van der Waals surface area contributed by atoms with Gasteiger partial charge in [0.15, 0.2) is 5.13 Å². The molecular weight excluding hydrogens is 282 g/mol. The van der Waals surface area contributed by atoms with Gasteiger partial charge in [-0.05, 0) is 24.1 Å². The van der Waals surface area contributed by atoms with E-state index in [1.54, 1.807) is 11.3 Å². The van der Waals surface area contributed by atoms with E-state index in [0.717, 1.165) is 31.3 Å². The molecule has 2 N–H and O–H groups in total. The van der Waals surface area contributed by atoms with Crippen LogP contribution in [0.4, 0.5) is 5.13 Å². The molecule has 3 heterocycles. The molecule has 0 aromatic carbocycles. The van der Waals surface area contributed by atoms with E-state index in [0.29, 0.717) is 6.54 Å². The number of hydrogen-bond acceptors (Lipinski definition) is 6. The van der Waals surface area contributed by atoms with Crippen molar-refractivity contribution in [1.29, 1.82) is 0 Å². The first-order chi connectivity index (χ1) is 10.3. The van der Waals surface area contributed by atoms with Crippen molar-refractivity contribution in [2.75, 3.05) is 37.6 Å². The molecule has 1 atom stereocenters. The topological polar surface area (TPSA) is 58.3 Å². The van der Waals surface area contributed by atoms with Gasteiger partial charge in [-0.25, -0.2) is 4.98 Å². The number of aryl methyl sites for hydroxylation is 1. The van der Waals surface area contributed by atoms with Crippen molar-refractivity contribution in [3.05, 3.63) is 41.2 Å². The number of anilines is 1. The Labute approximate surface area is 129 Å². The number of nitrogens with zero attached hydrogens (tertiary/aromatic N) is 4. The quantitative estimate of drug-likeness (QED) is 0.931. The molecule has 3 rings (SSSR count). The molecule has 0 aliphatic carbocycles. The first-order valence-corrected chi connectivity index (χ1v) is 8.16. The van der Waals surface area contributed by atoms with Crippen molar-refractivity contribution < 1.29 is 0 Å². The highest BCUT2D eigenvalue weighted by Gasteiger charge is 2.25. The molecule has 0 amide bonds. The summed E-state index contributed by atoms with van der Waals surface area (Å²) in [6.07, 6.45) is 5.67. The van der Waals surface area contributed by atoms with Crippen molar-refractivity contribution in [3.63, 3.8) is 0 Å². The maximum absolute atomic E-state index is 6.04. The van der Waals surface area contributed by atoms with Crippen LogP contribution in [0, 0.1) is 6.92 Å². The lowest BCUT2D eigenvalue weighted by Gasteiger charge is -2.39. The summed E-state index contributed by atoms with van der Waals surface area (Å²) >= 11 is 1.71. The molecule has 2 aromatic heterocycles. The zero-order chi connectivity index (χ0) is 14.7. The van der Waals surface area contributed by atoms with Gasteiger partial charge in [0.05, 0.1) is 0 Å². The zero-order valence-electron chi connectivity index (χ0n) is 12.3. The Kier molecular flexibility index (Phi) is 4.48. The number of piperazine rings is 1. The van der Waals surface area contributed by atoms with E-state index in [9.17, 15) is 0 Å². The van der Waals surface area contributed by atoms with Crippen molar-refractivity contribution in [2.45, 2.75) is 13.0 Å². The summed E-state index contributed by atoms with van der Waals surface area (Å²) in [6, 6.07) is 2.32. The molecule has 0 radical (unpaired) electrons. The molecule has 0 saturated carbocycles. The molecule has 112 valence electrons. The van der Waals surface area contributed by atoms with E-state index < -0.39 is 0 Å². The summed E-state index contributed by atoms with van der Waals surface area (Å²) in [5.41, 5.74) is 8.56. The Balaban J connectivity index is 1.69. The third-order valence-corrected chi connectivity index (χ3v) is 4.94. The van der Waals surface area contributed by atoms with Gasteiger partial charge in [0.2, 0.25) is 0 Å². The lowest BCUT2D eigenvalue weighted by Crippen LogP contribution is -2.49. The molecule has 0 spiro atoms. The van der Waals surface area contributed by atoms with Crippen molar-refractivity contribution >= 4 is 16.5 Å². The van der Waals surface area contributed by atoms with Crippen LogP contribution in [0.2, 0.25) is 0 Å². The Hall–Kier alpha value is -1.50. The molecular formula is C15H21N5S. The standard InChI is InChI=1S/C15H21N5S/c1-12-2-3-17-11-13(12)14(10-16)19-5-7-20(8-6-19)15-18-4-9-21-15/h2-4,9,11,14H,5-8,10,16H2,1H3. The second kappa shape index (κ2) is 6.51. The summed E-state index contributed by atoms with van der Waals surface area (Å²) in [6.45, 7) is 6.79. The summed E-state index contributed by atoms with van der Waals surface area (Å²) < 4.78 is 0. The van der Waals surface area contributed by atoms with Crippen LogP contribution in [0.3, 0.4) is 0 Å². The highest BCUT2D eigenvalue weighted by molar-refractivity contribution is 7.13. The third kappa shape index (κ3) is 3.07. The molecule has 1 aliphatic rings. The lowest BCUT2D eigenvalue weighted by atomic mass is 10.0. The predicted molar refractivity (Wildman–Crippen MR) is 86.7 cm³/mol. The predicted octanol–water partition coefficient (Wildman–Crippen LogP) is 1.67. The summed E-state index contributed by atoms with van der Waals surface area (Å²) in [4.78, 5) is 13.5. The fourth-order valence-corrected chi connectivity index (χ4v) is 3.59. The van der Waals surface area contributed by atoms with E-state index in [-0.39, 0.29) is 6.04 Å². The summed E-state index contributed by atoms with van der Waals surface area (Å²) in [7, 11) is 0. The number of hydrogen-bond donors (Lipinski definition) is 1. The van der Waals surface area contributed by atoms with Gasteiger partial charge in [0.1, 0.15) is 0 Å². The van der Waals surface area contributed by atoms with Crippen LogP contribution in [-0.4, -0.2) is 47.6 Å². The van der Waals surface area contributed by atoms with Gasteiger partial charge in [0, 0.05) is 62.7 Å². The van der Waals surface area contributed by atoms with Crippen molar-refractivity contribution in [3.8, 4) is 0 Å². The fourth-order valence-electron chi connectivity index (χ4n) is 2.89. The minimum atomic E-state index is 0.261. The normalized spacial score (nSPS) is 17.9. The van der Waals surface area contributed by atoms with Crippen molar-refractivity contribution in [2.24, 2.45) is 5.73 Å². The molecule has 1 fully saturated rings. The molecule has 0 bridgehead atoms. The maximum atomic E-state index is 6.04. The average molecular weight is 303 g/mol. The lowest BCUT2D eigenvalue weighted by molar-refractivity contribution is 0.189. The number of thiazole rings is 1. The molecule has 1 aliphatic heterocycles. The second-order valence-electron chi connectivity index (χ2n) is 5.32. The van der Waals surface area contributed by atoms with Crippen LogP contribution in [0.1, 0.15) is 17.2 Å². The van der Waals surface area contributed by atoms with Crippen LogP contribution >= 0.6 is 11.3 Å². The fraction of sp³-hybridized carbons (Fsp3) is 0.467. The van der Waals surface area contributed by atoms with Crippen LogP contribution in [-0.2, 0) is 0 Å². The highest BCUT2D eigenvalue weighted by Crippen LogP contribution is 2.25. The molecule has 5 nitrogen and oxygen atoms in total. The van der Waals surface area contributed by atoms with E-state index in [1.807, 2.05) is 24.0 Å². The van der Waals surface area contributed by atoms with Crippen LogP contribution in [0.5, 0.6) is 0 Å². The Bertz CT molecular complexity index is 563. The van der Waals surface area contributed by atoms with Crippen molar-refractivity contribution in [1.82, 2.24) is 14.9 Å². The Morgan fingerprint density at radius 1 is 1.29 bits per heavy atom. The number of pyridine rings is 1. The van der Waals surface area contributed by atoms with Gasteiger partial charge in [-0.2, -0.15) is 0 Å². The van der Waals surface area contributed by atoms with Gasteiger partial charge in [-0.3, -0.25) is 9.88 Å². The smallest absolute Gasteiger partial charge is 0.185 e. The van der Waals surface area contributed by atoms with E-state index in [2.05, 4.69) is 32.8 Å². The zero-order valence-corrected chi connectivity index (χ0v) is 13.1. The number of aromatic nitrogens is 2. The Morgan fingerprint density at radius 2 is 2.10 bits per heavy atom. The van der Waals surface area contributed by atoms with Gasteiger partial charge >= 0.3 is 0 Å².